The molecule has 4 heteroatoms. The molecule has 0 fully saturated rings. The molecule has 1 N–H and O–H groups in total. The fourth-order valence-electron chi connectivity index (χ4n) is 2.38. The molecule has 0 saturated heterocycles. The van der Waals surface area contributed by atoms with Gasteiger partial charge in [-0.2, -0.15) is 0 Å². The van der Waals surface area contributed by atoms with E-state index in [0.717, 1.165) is 28.2 Å². The highest BCUT2D eigenvalue weighted by Gasteiger charge is 2.18. The average molecular weight is 327 g/mol. The third-order valence-corrected chi connectivity index (χ3v) is 3.99. The summed E-state index contributed by atoms with van der Waals surface area (Å²) in [6.07, 6.45) is -0.564. The van der Waals surface area contributed by atoms with Crippen molar-refractivity contribution >= 4 is 5.91 Å². The van der Waals surface area contributed by atoms with Crippen LogP contribution in [0.4, 0.5) is 0 Å². The van der Waals surface area contributed by atoms with Crippen LogP contribution in [0.2, 0.25) is 0 Å². The lowest BCUT2D eigenvalue weighted by atomic mass is 10.1. The molecule has 24 heavy (non-hydrogen) atoms. The van der Waals surface area contributed by atoms with E-state index in [4.69, 9.17) is 9.47 Å². The van der Waals surface area contributed by atoms with E-state index in [1.165, 1.54) is 0 Å². The van der Waals surface area contributed by atoms with Crippen molar-refractivity contribution < 1.29 is 14.3 Å². The second-order valence-electron chi connectivity index (χ2n) is 6.03. The topological polar surface area (TPSA) is 47.6 Å². The van der Waals surface area contributed by atoms with Crippen molar-refractivity contribution in [3.63, 3.8) is 0 Å². The molecule has 0 spiro atoms. The molecule has 2 aromatic carbocycles. The number of carbonyl (C=O) groups excluding carboxylic acids is 1. The SMILES string of the molecule is COc1ccc([C@@H](C)NC(=O)[C@@H](C)Oc2cc(C)ccc2C)cc1. The quantitative estimate of drug-likeness (QED) is 0.874. The van der Waals surface area contributed by atoms with E-state index in [-0.39, 0.29) is 11.9 Å². The summed E-state index contributed by atoms with van der Waals surface area (Å²) in [6, 6.07) is 13.5. The predicted molar refractivity (Wildman–Crippen MR) is 95.6 cm³/mol. The number of benzene rings is 2. The Morgan fingerprint density at radius 3 is 2.33 bits per heavy atom. The van der Waals surface area contributed by atoms with Gasteiger partial charge in [0.2, 0.25) is 0 Å². The zero-order chi connectivity index (χ0) is 17.7. The van der Waals surface area contributed by atoms with Crippen molar-refractivity contribution in [2.45, 2.75) is 39.8 Å². The largest absolute Gasteiger partial charge is 0.497 e. The van der Waals surface area contributed by atoms with Crippen LogP contribution in [0.25, 0.3) is 0 Å². The summed E-state index contributed by atoms with van der Waals surface area (Å²) in [5.41, 5.74) is 3.14. The summed E-state index contributed by atoms with van der Waals surface area (Å²) in [5, 5.41) is 2.98. The maximum atomic E-state index is 12.4. The number of amides is 1. The Labute approximate surface area is 143 Å². The third kappa shape index (κ3) is 4.51. The molecule has 0 heterocycles. The summed E-state index contributed by atoms with van der Waals surface area (Å²) in [5.74, 6) is 1.40. The molecule has 2 atom stereocenters. The predicted octanol–water partition coefficient (Wildman–Crippen LogP) is 3.96. The van der Waals surface area contributed by atoms with E-state index in [9.17, 15) is 4.79 Å². The zero-order valence-electron chi connectivity index (χ0n) is 14.9. The Morgan fingerprint density at radius 1 is 1.04 bits per heavy atom. The summed E-state index contributed by atoms with van der Waals surface area (Å²) >= 11 is 0. The lowest BCUT2D eigenvalue weighted by Crippen LogP contribution is -2.37. The zero-order valence-corrected chi connectivity index (χ0v) is 14.9. The minimum Gasteiger partial charge on any atom is -0.497 e. The van der Waals surface area contributed by atoms with Gasteiger partial charge < -0.3 is 14.8 Å². The molecule has 0 unspecified atom stereocenters. The van der Waals surface area contributed by atoms with E-state index in [1.54, 1.807) is 14.0 Å². The van der Waals surface area contributed by atoms with Crippen LogP contribution in [0.5, 0.6) is 11.5 Å². The molecule has 4 nitrogen and oxygen atoms in total. The van der Waals surface area contributed by atoms with E-state index in [0.29, 0.717) is 0 Å². The number of nitrogens with one attached hydrogen (secondary N) is 1. The fraction of sp³-hybridized carbons (Fsp3) is 0.350. The molecule has 0 aliphatic heterocycles. The van der Waals surface area contributed by atoms with Crippen molar-refractivity contribution in [2.24, 2.45) is 0 Å². The molecular weight excluding hydrogens is 302 g/mol. The van der Waals surface area contributed by atoms with Crippen LogP contribution in [0.1, 0.15) is 36.6 Å². The van der Waals surface area contributed by atoms with Crippen LogP contribution >= 0.6 is 0 Å². The van der Waals surface area contributed by atoms with Crippen molar-refractivity contribution in [2.75, 3.05) is 7.11 Å². The number of ether oxygens (including phenoxy) is 2. The van der Waals surface area contributed by atoms with Gasteiger partial charge in [-0.3, -0.25) is 4.79 Å². The highest BCUT2D eigenvalue weighted by Crippen LogP contribution is 2.21. The molecule has 2 rings (SSSR count). The Kier molecular flexibility index (Phi) is 5.85. The first-order chi connectivity index (χ1) is 11.4. The summed E-state index contributed by atoms with van der Waals surface area (Å²) in [7, 11) is 1.63. The number of methoxy groups -OCH3 is 1. The van der Waals surface area contributed by atoms with E-state index >= 15 is 0 Å². The maximum absolute atomic E-state index is 12.4. The van der Waals surface area contributed by atoms with Crippen LogP contribution in [0, 0.1) is 13.8 Å². The van der Waals surface area contributed by atoms with Crippen molar-refractivity contribution in [3.8, 4) is 11.5 Å². The van der Waals surface area contributed by atoms with Gasteiger partial charge in [-0.05, 0) is 62.6 Å². The standard InChI is InChI=1S/C20H25NO3/c1-13-6-7-14(2)19(12-13)24-16(4)20(22)21-15(3)17-8-10-18(23-5)11-9-17/h6-12,15-16H,1-5H3,(H,21,22)/t15-,16-/m1/s1. The number of hydrogen-bond acceptors (Lipinski definition) is 3. The average Bonchev–Trinajstić information content (AvgIpc) is 2.58. The van der Waals surface area contributed by atoms with Gasteiger partial charge in [0, 0.05) is 0 Å². The number of rotatable bonds is 6. The van der Waals surface area contributed by atoms with Gasteiger partial charge in [-0.1, -0.05) is 24.3 Å². The van der Waals surface area contributed by atoms with Crippen LogP contribution in [0.3, 0.4) is 0 Å². The first-order valence-electron chi connectivity index (χ1n) is 8.09. The first kappa shape index (κ1) is 17.9. The number of hydrogen-bond donors (Lipinski definition) is 1. The Balaban J connectivity index is 1.98. The molecule has 2 aromatic rings. The Bertz CT molecular complexity index is 695. The lowest BCUT2D eigenvalue weighted by Gasteiger charge is -2.20. The second kappa shape index (κ2) is 7.86. The van der Waals surface area contributed by atoms with Gasteiger partial charge in [0.05, 0.1) is 13.2 Å². The van der Waals surface area contributed by atoms with Gasteiger partial charge in [0.25, 0.3) is 5.91 Å². The van der Waals surface area contributed by atoms with E-state index < -0.39 is 6.10 Å². The van der Waals surface area contributed by atoms with Crippen molar-refractivity contribution in [1.29, 1.82) is 0 Å². The second-order valence-corrected chi connectivity index (χ2v) is 6.03. The van der Waals surface area contributed by atoms with Gasteiger partial charge in [-0.15, -0.1) is 0 Å². The van der Waals surface area contributed by atoms with Crippen LogP contribution in [0.15, 0.2) is 42.5 Å². The van der Waals surface area contributed by atoms with Crippen molar-refractivity contribution in [1.82, 2.24) is 5.32 Å². The minimum atomic E-state index is -0.564. The van der Waals surface area contributed by atoms with Gasteiger partial charge in [0.15, 0.2) is 6.10 Å². The van der Waals surface area contributed by atoms with Crippen LogP contribution in [-0.2, 0) is 4.79 Å². The number of aryl methyl sites for hydroxylation is 2. The molecular formula is C20H25NO3. The molecule has 0 aliphatic carbocycles. The van der Waals surface area contributed by atoms with Gasteiger partial charge in [0.1, 0.15) is 11.5 Å². The fourth-order valence-corrected chi connectivity index (χ4v) is 2.38. The monoisotopic (exact) mass is 327 g/mol. The van der Waals surface area contributed by atoms with Gasteiger partial charge >= 0.3 is 0 Å². The molecule has 0 radical (unpaired) electrons. The molecule has 128 valence electrons. The maximum Gasteiger partial charge on any atom is 0.261 e. The summed E-state index contributed by atoms with van der Waals surface area (Å²) in [6.45, 7) is 7.68. The van der Waals surface area contributed by atoms with Crippen molar-refractivity contribution in [3.05, 3.63) is 59.2 Å². The van der Waals surface area contributed by atoms with Gasteiger partial charge in [-0.25, -0.2) is 0 Å². The first-order valence-corrected chi connectivity index (χ1v) is 8.09. The normalized spacial score (nSPS) is 13.0. The third-order valence-electron chi connectivity index (χ3n) is 3.99. The molecule has 0 saturated carbocycles. The molecule has 0 aromatic heterocycles. The summed E-state index contributed by atoms with van der Waals surface area (Å²) in [4.78, 5) is 12.4. The van der Waals surface area contributed by atoms with Crippen LogP contribution < -0.4 is 14.8 Å². The Morgan fingerprint density at radius 2 is 1.71 bits per heavy atom. The smallest absolute Gasteiger partial charge is 0.261 e. The van der Waals surface area contributed by atoms with E-state index in [2.05, 4.69) is 5.32 Å². The summed E-state index contributed by atoms with van der Waals surface area (Å²) < 4.78 is 11.0. The molecule has 1 amide bonds. The lowest BCUT2D eigenvalue weighted by molar-refractivity contribution is -0.127. The minimum absolute atomic E-state index is 0.104. The molecule has 0 bridgehead atoms. The highest BCUT2D eigenvalue weighted by molar-refractivity contribution is 5.81. The van der Waals surface area contributed by atoms with Crippen LogP contribution in [-0.4, -0.2) is 19.1 Å². The van der Waals surface area contributed by atoms with E-state index in [1.807, 2.05) is 63.2 Å². The highest BCUT2D eigenvalue weighted by atomic mass is 16.5. The number of carbonyl (C=O) groups is 1. The Hall–Kier alpha value is -2.49. The molecule has 0 aliphatic rings.